The highest BCUT2D eigenvalue weighted by Gasteiger charge is 2.41. The Hall–Kier alpha value is -7.11. The number of hydrogen-bond donors (Lipinski definition) is 0. The minimum Gasteiger partial charge on any atom is -0.455 e. The predicted octanol–water partition coefficient (Wildman–Crippen LogP) is 14.1. The van der Waals surface area contributed by atoms with Crippen molar-refractivity contribution < 1.29 is 8.83 Å². The van der Waals surface area contributed by atoms with E-state index < -0.39 is 0 Å². The molecule has 0 spiro atoms. The second kappa shape index (κ2) is 11.2. The van der Waals surface area contributed by atoms with E-state index in [0.29, 0.717) is 0 Å². The van der Waals surface area contributed by atoms with Gasteiger partial charge in [0.15, 0.2) is 0 Å². The van der Waals surface area contributed by atoms with Gasteiger partial charge in [0.2, 0.25) is 0 Å². The Kier molecular flexibility index (Phi) is 6.26. The first-order valence-electron chi connectivity index (χ1n) is 19.2. The van der Waals surface area contributed by atoms with Crippen molar-refractivity contribution in [1.29, 1.82) is 0 Å². The number of benzene rings is 7. The third-order valence-electron chi connectivity index (χ3n) is 12.1. The summed E-state index contributed by atoms with van der Waals surface area (Å²) in [6.07, 6.45) is 1.96. The molecule has 0 amide bonds. The van der Waals surface area contributed by atoms with E-state index in [9.17, 15) is 0 Å². The fraction of sp³-hybridized carbons (Fsp3) is 0.0784. The van der Waals surface area contributed by atoms with Crippen LogP contribution in [0.2, 0.25) is 0 Å². The molecule has 5 nitrogen and oxygen atoms in total. The quantitative estimate of drug-likeness (QED) is 0.182. The van der Waals surface area contributed by atoms with Crippen LogP contribution in [0.1, 0.15) is 30.5 Å². The van der Waals surface area contributed by atoms with Gasteiger partial charge in [0.1, 0.15) is 28.1 Å². The van der Waals surface area contributed by atoms with Gasteiger partial charge >= 0.3 is 0 Å². The smallest absolute Gasteiger partial charge is 0.145 e. The van der Waals surface area contributed by atoms with Crippen LogP contribution in [0.25, 0.3) is 82.5 Å². The molecule has 4 aromatic heterocycles. The Bertz CT molecular complexity index is 3400. The highest BCUT2D eigenvalue weighted by Crippen LogP contribution is 2.58. The van der Waals surface area contributed by atoms with Crippen LogP contribution in [0.5, 0.6) is 0 Å². The van der Waals surface area contributed by atoms with Crippen LogP contribution >= 0.6 is 0 Å². The van der Waals surface area contributed by atoms with E-state index in [0.717, 1.165) is 89.0 Å². The van der Waals surface area contributed by atoms with Gasteiger partial charge in [-0.05, 0) is 84.3 Å². The van der Waals surface area contributed by atoms with E-state index in [1.165, 1.54) is 27.4 Å². The summed E-state index contributed by atoms with van der Waals surface area (Å²) < 4.78 is 16.1. The van der Waals surface area contributed by atoms with Crippen molar-refractivity contribution >= 4 is 82.9 Å². The van der Waals surface area contributed by atoms with Crippen molar-refractivity contribution in [2.75, 3.05) is 4.90 Å². The maximum Gasteiger partial charge on any atom is 0.145 e. The van der Waals surface area contributed by atoms with E-state index in [1.54, 1.807) is 0 Å². The molecule has 0 saturated carbocycles. The lowest BCUT2D eigenvalue weighted by atomic mass is 9.81. The number of rotatable bonds is 4. The predicted molar refractivity (Wildman–Crippen MR) is 230 cm³/mol. The van der Waals surface area contributed by atoms with E-state index >= 15 is 0 Å². The van der Waals surface area contributed by atoms with E-state index in [4.69, 9.17) is 13.8 Å². The van der Waals surface area contributed by atoms with Gasteiger partial charge in [-0.15, -0.1) is 0 Å². The lowest BCUT2D eigenvalue weighted by Gasteiger charge is -2.28. The largest absolute Gasteiger partial charge is 0.455 e. The van der Waals surface area contributed by atoms with Crippen LogP contribution in [0, 0.1) is 6.92 Å². The molecule has 4 heterocycles. The first-order valence-corrected chi connectivity index (χ1v) is 19.2. The van der Waals surface area contributed by atoms with E-state index in [2.05, 4.69) is 176 Å². The molecule has 0 fully saturated rings. The third-order valence-corrected chi connectivity index (χ3v) is 12.1. The van der Waals surface area contributed by atoms with Crippen molar-refractivity contribution in [3.63, 3.8) is 0 Å². The second-order valence-corrected chi connectivity index (χ2v) is 15.6. The minimum atomic E-state index is -0.348. The van der Waals surface area contributed by atoms with Crippen molar-refractivity contribution in [2.45, 2.75) is 26.2 Å². The average Bonchev–Trinajstić information content (AvgIpc) is 3.96. The molecular formula is C51H35N3O2. The minimum absolute atomic E-state index is 0.348. The summed E-state index contributed by atoms with van der Waals surface area (Å²) in [5, 5.41) is 6.71. The molecule has 7 aromatic carbocycles. The molecule has 0 aliphatic heterocycles. The standard InChI is InChI=1S/C51H35N3O2/c1-30-21-26-45(52-29-30)54(32-22-25-41-37(27-32)33-15-7-10-18-40(33)53(41)31-13-5-4-6-14-31)42-28-39-48(50-46(42)36-17-9-12-20-44(36)56-50)47-38(51(39,2)3)24-23-35-34-16-8-11-19-43(34)55-49(35)47/h4-29H,1-3H3. The molecule has 12 rings (SSSR count). The van der Waals surface area contributed by atoms with Crippen molar-refractivity contribution in [3.8, 4) is 16.8 Å². The number of aryl methyl sites for hydroxylation is 1. The topological polar surface area (TPSA) is 47.3 Å². The summed E-state index contributed by atoms with van der Waals surface area (Å²) in [5.41, 5.74) is 14.4. The molecule has 0 bridgehead atoms. The molecule has 0 N–H and O–H groups in total. The Balaban J connectivity index is 1.19. The van der Waals surface area contributed by atoms with Crippen LogP contribution in [0.15, 0.2) is 167 Å². The fourth-order valence-corrected chi connectivity index (χ4v) is 9.44. The van der Waals surface area contributed by atoms with Crippen molar-refractivity contribution in [2.24, 2.45) is 0 Å². The SMILES string of the molecule is Cc1ccc(N(c2ccc3c(c2)c2ccccc2n3-c2ccccc2)c2cc3c(c4oc5ccccc5c24)-c2c(ccc4c2oc2ccccc24)C3(C)C)nc1. The number of pyridine rings is 1. The van der Waals surface area contributed by atoms with Gasteiger partial charge in [0, 0.05) is 61.0 Å². The lowest BCUT2D eigenvalue weighted by molar-refractivity contribution is 0.650. The normalized spacial score (nSPS) is 13.4. The van der Waals surface area contributed by atoms with E-state index in [-0.39, 0.29) is 5.41 Å². The van der Waals surface area contributed by atoms with Crippen molar-refractivity contribution in [3.05, 3.63) is 175 Å². The zero-order valence-corrected chi connectivity index (χ0v) is 31.2. The Morgan fingerprint density at radius 2 is 1.23 bits per heavy atom. The molecule has 0 atom stereocenters. The van der Waals surface area contributed by atoms with Gasteiger partial charge < -0.3 is 13.4 Å². The highest BCUT2D eigenvalue weighted by molar-refractivity contribution is 6.22. The molecule has 1 aliphatic rings. The maximum absolute atomic E-state index is 7.04. The average molecular weight is 722 g/mol. The number of anilines is 3. The zero-order chi connectivity index (χ0) is 37.3. The Morgan fingerprint density at radius 3 is 2.04 bits per heavy atom. The summed E-state index contributed by atoms with van der Waals surface area (Å²) >= 11 is 0. The van der Waals surface area contributed by atoms with Crippen LogP contribution in [0.4, 0.5) is 17.2 Å². The third kappa shape index (κ3) is 4.17. The summed E-state index contributed by atoms with van der Waals surface area (Å²) in [6, 6.07) is 54.1. The summed E-state index contributed by atoms with van der Waals surface area (Å²) in [6.45, 7) is 6.73. The number of hydrogen-bond acceptors (Lipinski definition) is 4. The summed E-state index contributed by atoms with van der Waals surface area (Å²) in [4.78, 5) is 7.43. The number of furan rings is 2. The molecule has 11 aromatic rings. The molecule has 1 aliphatic carbocycles. The maximum atomic E-state index is 7.04. The van der Waals surface area contributed by atoms with Crippen LogP contribution in [-0.2, 0) is 5.41 Å². The number of fused-ring (bicyclic) bond motifs is 14. The molecule has 0 unspecified atom stereocenters. The molecule has 5 heteroatoms. The van der Waals surface area contributed by atoms with E-state index in [1.807, 2.05) is 12.3 Å². The van der Waals surface area contributed by atoms with Crippen LogP contribution < -0.4 is 4.90 Å². The monoisotopic (exact) mass is 721 g/mol. The second-order valence-electron chi connectivity index (χ2n) is 15.6. The molecule has 56 heavy (non-hydrogen) atoms. The zero-order valence-electron chi connectivity index (χ0n) is 31.2. The van der Waals surface area contributed by atoms with Gasteiger partial charge in [0.05, 0.1) is 22.1 Å². The van der Waals surface area contributed by atoms with Gasteiger partial charge in [-0.3, -0.25) is 4.90 Å². The van der Waals surface area contributed by atoms with Gasteiger partial charge in [-0.25, -0.2) is 4.98 Å². The Labute approximate surface area is 322 Å². The number of para-hydroxylation sites is 4. The molecule has 266 valence electrons. The lowest BCUT2D eigenvalue weighted by Crippen LogP contribution is -2.17. The van der Waals surface area contributed by atoms with Crippen LogP contribution in [0.3, 0.4) is 0 Å². The first kappa shape index (κ1) is 31.3. The van der Waals surface area contributed by atoms with Gasteiger partial charge in [-0.1, -0.05) is 105 Å². The number of nitrogens with zero attached hydrogens (tertiary/aromatic N) is 3. The van der Waals surface area contributed by atoms with Gasteiger partial charge in [0.25, 0.3) is 0 Å². The highest BCUT2D eigenvalue weighted by atomic mass is 16.3. The first-order chi connectivity index (χ1) is 27.5. The summed E-state index contributed by atoms with van der Waals surface area (Å²) in [5.74, 6) is 0.835. The van der Waals surface area contributed by atoms with Gasteiger partial charge in [-0.2, -0.15) is 0 Å². The molecular weight excluding hydrogens is 687 g/mol. The fourth-order valence-electron chi connectivity index (χ4n) is 9.44. The molecule has 0 radical (unpaired) electrons. The number of aromatic nitrogens is 2. The van der Waals surface area contributed by atoms with Crippen LogP contribution in [-0.4, -0.2) is 9.55 Å². The van der Waals surface area contributed by atoms with Crippen molar-refractivity contribution in [1.82, 2.24) is 9.55 Å². The summed E-state index contributed by atoms with van der Waals surface area (Å²) in [7, 11) is 0. The molecule has 0 saturated heterocycles. The Morgan fingerprint density at radius 1 is 0.554 bits per heavy atom.